The highest BCUT2D eigenvalue weighted by Crippen LogP contribution is 2.34. The summed E-state index contributed by atoms with van der Waals surface area (Å²) in [6.07, 6.45) is 3.86. The van der Waals surface area contributed by atoms with Gasteiger partial charge in [0.15, 0.2) is 0 Å². The summed E-state index contributed by atoms with van der Waals surface area (Å²) in [6, 6.07) is 4.32. The van der Waals surface area contributed by atoms with E-state index in [9.17, 15) is 0 Å². The van der Waals surface area contributed by atoms with E-state index in [-0.39, 0.29) is 6.04 Å². The maximum Gasteiger partial charge on any atom is 0.132 e. The third kappa shape index (κ3) is 2.79. The number of nitrogens with zero attached hydrogens (tertiary/aromatic N) is 5. The molecule has 1 fully saturated rings. The van der Waals surface area contributed by atoms with Gasteiger partial charge in [-0.2, -0.15) is 0 Å². The van der Waals surface area contributed by atoms with Crippen LogP contribution in [-0.2, 0) is 0 Å². The van der Waals surface area contributed by atoms with Crippen LogP contribution in [0.2, 0.25) is 0 Å². The van der Waals surface area contributed by atoms with Gasteiger partial charge in [0.25, 0.3) is 0 Å². The Kier molecular flexibility index (Phi) is 3.68. The van der Waals surface area contributed by atoms with Gasteiger partial charge in [-0.05, 0) is 26.7 Å². The minimum atomic E-state index is 0.257. The van der Waals surface area contributed by atoms with Crippen LogP contribution in [0.25, 0.3) is 0 Å². The predicted molar refractivity (Wildman–Crippen MR) is 82.4 cm³/mol. The van der Waals surface area contributed by atoms with Crippen molar-refractivity contribution in [2.24, 2.45) is 0 Å². The minimum Gasteiger partial charge on any atom is -0.373 e. The zero-order chi connectivity index (χ0) is 14.8. The number of aryl methyl sites for hydroxylation is 2. The van der Waals surface area contributed by atoms with E-state index < -0.39 is 0 Å². The van der Waals surface area contributed by atoms with Gasteiger partial charge in [0, 0.05) is 31.4 Å². The maximum absolute atomic E-state index is 4.63. The predicted octanol–water partition coefficient (Wildman–Crippen LogP) is 2.27. The van der Waals surface area contributed by atoms with Crippen LogP contribution < -0.4 is 10.2 Å². The molecule has 0 aromatic carbocycles. The summed E-state index contributed by atoms with van der Waals surface area (Å²) in [5, 5.41) is 3.10. The number of anilines is 2. The molecule has 6 heteroatoms. The summed E-state index contributed by atoms with van der Waals surface area (Å²) in [6.45, 7) is 4.92. The fraction of sp³-hybridized carbons (Fsp3) is 0.467. The van der Waals surface area contributed by atoms with E-state index in [0.29, 0.717) is 0 Å². The molecule has 2 aromatic heterocycles. The first-order valence-corrected chi connectivity index (χ1v) is 7.26. The van der Waals surface area contributed by atoms with Crippen molar-refractivity contribution in [1.29, 1.82) is 0 Å². The average molecular weight is 284 g/mol. The van der Waals surface area contributed by atoms with E-state index in [1.54, 1.807) is 6.33 Å². The molecular formula is C15H20N6. The molecular weight excluding hydrogens is 264 g/mol. The summed E-state index contributed by atoms with van der Waals surface area (Å²) in [5.41, 5.74) is 2.04. The largest absolute Gasteiger partial charge is 0.373 e. The van der Waals surface area contributed by atoms with Crippen LogP contribution in [0.3, 0.4) is 0 Å². The van der Waals surface area contributed by atoms with E-state index in [0.717, 1.165) is 48.2 Å². The number of nitrogens with one attached hydrogen (secondary N) is 1. The van der Waals surface area contributed by atoms with Crippen molar-refractivity contribution in [3.8, 4) is 0 Å². The van der Waals surface area contributed by atoms with Gasteiger partial charge in [-0.25, -0.2) is 19.9 Å². The normalized spacial score (nSPS) is 18.0. The van der Waals surface area contributed by atoms with Gasteiger partial charge in [-0.1, -0.05) is 0 Å². The molecule has 1 aliphatic rings. The van der Waals surface area contributed by atoms with Crippen molar-refractivity contribution in [2.75, 3.05) is 23.8 Å². The van der Waals surface area contributed by atoms with Crippen LogP contribution in [0.5, 0.6) is 0 Å². The molecule has 1 saturated heterocycles. The Hall–Kier alpha value is -2.24. The van der Waals surface area contributed by atoms with Crippen molar-refractivity contribution in [1.82, 2.24) is 19.9 Å². The fourth-order valence-corrected chi connectivity index (χ4v) is 2.84. The highest BCUT2D eigenvalue weighted by molar-refractivity contribution is 5.45. The SMILES string of the molecule is CNc1cc([C@@H]2CCCN2c2cc(C)ncn2)nc(C)n1. The Labute approximate surface area is 124 Å². The molecule has 3 heterocycles. The first-order valence-electron chi connectivity index (χ1n) is 7.26. The summed E-state index contributed by atoms with van der Waals surface area (Å²) < 4.78 is 0. The Balaban J connectivity index is 1.95. The van der Waals surface area contributed by atoms with Crippen molar-refractivity contribution >= 4 is 11.6 Å². The number of hydrogen-bond donors (Lipinski definition) is 1. The average Bonchev–Trinajstić information content (AvgIpc) is 2.96. The number of aromatic nitrogens is 4. The van der Waals surface area contributed by atoms with Gasteiger partial charge in [0.2, 0.25) is 0 Å². The van der Waals surface area contributed by atoms with Gasteiger partial charge < -0.3 is 10.2 Å². The molecule has 0 aliphatic carbocycles. The Morgan fingerprint density at radius 2 is 2.05 bits per heavy atom. The van der Waals surface area contributed by atoms with Crippen LogP contribution in [-0.4, -0.2) is 33.5 Å². The molecule has 0 spiro atoms. The first-order chi connectivity index (χ1) is 10.2. The van der Waals surface area contributed by atoms with E-state index in [4.69, 9.17) is 0 Å². The molecule has 6 nitrogen and oxygen atoms in total. The first kappa shape index (κ1) is 13.7. The lowest BCUT2D eigenvalue weighted by Crippen LogP contribution is -2.25. The molecule has 1 N–H and O–H groups in total. The second-order valence-corrected chi connectivity index (χ2v) is 5.34. The van der Waals surface area contributed by atoms with Gasteiger partial charge in [0.05, 0.1) is 11.7 Å². The van der Waals surface area contributed by atoms with Gasteiger partial charge in [-0.15, -0.1) is 0 Å². The summed E-state index contributed by atoms with van der Waals surface area (Å²) in [5.74, 6) is 2.64. The molecule has 0 radical (unpaired) electrons. The maximum atomic E-state index is 4.63. The minimum absolute atomic E-state index is 0.257. The summed E-state index contributed by atoms with van der Waals surface area (Å²) >= 11 is 0. The molecule has 3 rings (SSSR count). The van der Waals surface area contributed by atoms with Crippen molar-refractivity contribution in [3.63, 3.8) is 0 Å². The highest BCUT2D eigenvalue weighted by Gasteiger charge is 2.28. The highest BCUT2D eigenvalue weighted by atomic mass is 15.2. The quantitative estimate of drug-likeness (QED) is 0.932. The van der Waals surface area contributed by atoms with E-state index in [1.807, 2.05) is 33.0 Å². The Morgan fingerprint density at radius 1 is 1.19 bits per heavy atom. The third-order valence-corrected chi connectivity index (χ3v) is 3.79. The molecule has 21 heavy (non-hydrogen) atoms. The molecule has 0 saturated carbocycles. The summed E-state index contributed by atoms with van der Waals surface area (Å²) in [7, 11) is 1.88. The van der Waals surface area contributed by atoms with E-state index in [2.05, 4.69) is 30.2 Å². The van der Waals surface area contributed by atoms with Gasteiger partial charge in [0.1, 0.15) is 23.8 Å². The monoisotopic (exact) mass is 284 g/mol. The van der Waals surface area contributed by atoms with Crippen molar-refractivity contribution < 1.29 is 0 Å². The Morgan fingerprint density at radius 3 is 2.81 bits per heavy atom. The van der Waals surface area contributed by atoms with Crippen LogP contribution in [0.4, 0.5) is 11.6 Å². The lowest BCUT2D eigenvalue weighted by Gasteiger charge is -2.25. The number of hydrogen-bond acceptors (Lipinski definition) is 6. The molecule has 0 amide bonds. The Bertz CT molecular complexity index is 642. The smallest absolute Gasteiger partial charge is 0.132 e. The van der Waals surface area contributed by atoms with E-state index >= 15 is 0 Å². The molecule has 0 bridgehead atoms. The van der Waals surface area contributed by atoms with Gasteiger partial charge in [-0.3, -0.25) is 0 Å². The second-order valence-electron chi connectivity index (χ2n) is 5.34. The standard InChI is InChI=1S/C15H20N6/c1-10-7-15(18-9-17-10)21-6-4-5-13(21)12-8-14(16-3)20-11(2)19-12/h7-9,13H,4-6H2,1-3H3,(H,16,19,20)/t13-/m0/s1. The fourth-order valence-electron chi connectivity index (χ4n) is 2.84. The third-order valence-electron chi connectivity index (χ3n) is 3.79. The molecule has 1 aliphatic heterocycles. The van der Waals surface area contributed by atoms with Crippen LogP contribution in [0, 0.1) is 13.8 Å². The summed E-state index contributed by atoms with van der Waals surface area (Å²) in [4.78, 5) is 19.9. The lowest BCUT2D eigenvalue weighted by molar-refractivity contribution is 0.679. The number of rotatable bonds is 3. The van der Waals surface area contributed by atoms with Gasteiger partial charge >= 0.3 is 0 Å². The topological polar surface area (TPSA) is 66.8 Å². The van der Waals surface area contributed by atoms with Crippen LogP contribution in [0.15, 0.2) is 18.5 Å². The molecule has 110 valence electrons. The van der Waals surface area contributed by atoms with Crippen LogP contribution in [0.1, 0.15) is 36.1 Å². The van der Waals surface area contributed by atoms with Crippen molar-refractivity contribution in [3.05, 3.63) is 35.7 Å². The lowest BCUT2D eigenvalue weighted by atomic mass is 10.1. The van der Waals surface area contributed by atoms with Crippen molar-refractivity contribution in [2.45, 2.75) is 32.7 Å². The zero-order valence-electron chi connectivity index (χ0n) is 12.7. The van der Waals surface area contributed by atoms with E-state index in [1.165, 1.54) is 0 Å². The zero-order valence-corrected chi connectivity index (χ0v) is 12.7. The molecule has 2 aromatic rings. The second kappa shape index (κ2) is 5.63. The molecule has 1 atom stereocenters. The molecule has 0 unspecified atom stereocenters. The van der Waals surface area contributed by atoms with Crippen LogP contribution >= 0.6 is 0 Å².